The molecule has 0 bridgehead atoms. The Hall–Kier alpha value is -2.99. The van der Waals surface area contributed by atoms with Crippen LogP contribution in [0.4, 0.5) is 11.9 Å². The van der Waals surface area contributed by atoms with Gasteiger partial charge in [-0.25, -0.2) is 0 Å². The molecule has 1 saturated heterocycles. The van der Waals surface area contributed by atoms with Gasteiger partial charge in [0.15, 0.2) is 0 Å². The molecule has 0 saturated carbocycles. The van der Waals surface area contributed by atoms with E-state index in [9.17, 15) is 0 Å². The second kappa shape index (κ2) is 8.17. The number of nitrogens with zero attached hydrogens (tertiary/aromatic N) is 4. The molecule has 0 radical (unpaired) electrons. The highest BCUT2D eigenvalue weighted by Gasteiger charge is 2.28. The van der Waals surface area contributed by atoms with E-state index in [-0.39, 0.29) is 11.4 Å². The first kappa shape index (κ1) is 19.3. The molecule has 2 N–H and O–H groups in total. The summed E-state index contributed by atoms with van der Waals surface area (Å²) in [4.78, 5) is 15.8. The highest BCUT2D eigenvalue weighted by Crippen LogP contribution is 2.32. The van der Waals surface area contributed by atoms with Gasteiger partial charge in [0.1, 0.15) is 5.82 Å². The molecule has 0 amide bonds. The number of morpholine rings is 1. The molecule has 0 unspecified atom stereocenters. The van der Waals surface area contributed by atoms with Crippen LogP contribution in [-0.4, -0.2) is 41.3 Å². The van der Waals surface area contributed by atoms with Crippen molar-refractivity contribution in [3.05, 3.63) is 66.0 Å². The number of nitrogen functional groups attached to an aromatic ring is 1. The zero-order valence-corrected chi connectivity index (χ0v) is 17.0. The van der Waals surface area contributed by atoms with Crippen molar-refractivity contribution in [2.24, 2.45) is 0 Å². The Morgan fingerprint density at radius 1 is 0.931 bits per heavy atom. The van der Waals surface area contributed by atoms with Gasteiger partial charge in [-0.2, -0.15) is 15.0 Å². The van der Waals surface area contributed by atoms with E-state index in [0.29, 0.717) is 25.0 Å². The summed E-state index contributed by atoms with van der Waals surface area (Å²) in [5.41, 5.74) is 9.46. The van der Waals surface area contributed by atoms with Crippen molar-refractivity contribution in [3.63, 3.8) is 0 Å². The van der Waals surface area contributed by atoms with Gasteiger partial charge in [-0.15, -0.1) is 0 Å². The molecule has 1 aromatic heterocycles. The molecule has 6 heteroatoms. The van der Waals surface area contributed by atoms with E-state index in [0.717, 1.165) is 19.5 Å². The Balaban J connectivity index is 1.66. The Kier molecular flexibility index (Phi) is 5.45. The van der Waals surface area contributed by atoms with Crippen molar-refractivity contribution in [1.29, 1.82) is 0 Å². The SMILES string of the molecule is CC(C)(Cc1ccccc1-c1ccccc1)c1nc(N)nc(N2CCOCC2)n1. The van der Waals surface area contributed by atoms with Gasteiger partial charge < -0.3 is 15.4 Å². The fraction of sp³-hybridized carbons (Fsp3) is 0.348. The van der Waals surface area contributed by atoms with Gasteiger partial charge in [0.2, 0.25) is 11.9 Å². The molecular formula is C23H27N5O. The molecule has 29 heavy (non-hydrogen) atoms. The maximum Gasteiger partial charge on any atom is 0.230 e. The summed E-state index contributed by atoms with van der Waals surface area (Å²) in [6.07, 6.45) is 0.796. The molecule has 2 heterocycles. The minimum absolute atomic E-state index is 0.265. The number of hydrogen-bond donors (Lipinski definition) is 1. The highest BCUT2D eigenvalue weighted by molar-refractivity contribution is 5.67. The van der Waals surface area contributed by atoms with Crippen molar-refractivity contribution in [2.75, 3.05) is 36.9 Å². The molecule has 0 spiro atoms. The third kappa shape index (κ3) is 4.38. The molecule has 4 rings (SSSR count). The largest absolute Gasteiger partial charge is 0.378 e. The minimum Gasteiger partial charge on any atom is -0.378 e. The Labute approximate surface area is 171 Å². The van der Waals surface area contributed by atoms with Crippen LogP contribution in [0, 0.1) is 0 Å². The monoisotopic (exact) mass is 389 g/mol. The van der Waals surface area contributed by atoms with Crippen LogP contribution in [0.3, 0.4) is 0 Å². The zero-order chi connectivity index (χ0) is 20.3. The molecule has 0 atom stereocenters. The zero-order valence-electron chi connectivity index (χ0n) is 17.0. The third-order valence-corrected chi connectivity index (χ3v) is 5.27. The van der Waals surface area contributed by atoms with Crippen LogP contribution in [0.2, 0.25) is 0 Å². The van der Waals surface area contributed by atoms with E-state index >= 15 is 0 Å². The maximum atomic E-state index is 6.06. The molecule has 1 aliphatic rings. The lowest BCUT2D eigenvalue weighted by atomic mass is 9.82. The number of nitrogens with two attached hydrogens (primary N) is 1. The van der Waals surface area contributed by atoms with Gasteiger partial charge in [0.05, 0.1) is 13.2 Å². The maximum absolute atomic E-state index is 6.06. The predicted octanol–water partition coefficient (Wildman–Crippen LogP) is 3.48. The second-order valence-corrected chi connectivity index (χ2v) is 8.00. The van der Waals surface area contributed by atoms with Crippen molar-refractivity contribution < 1.29 is 4.74 Å². The summed E-state index contributed by atoms with van der Waals surface area (Å²) in [5, 5.41) is 0. The lowest BCUT2D eigenvalue weighted by molar-refractivity contribution is 0.122. The summed E-state index contributed by atoms with van der Waals surface area (Å²) in [7, 11) is 0. The number of rotatable bonds is 5. The molecule has 150 valence electrons. The normalized spacial score (nSPS) is 14.8. The van der Waals surface area contributed by atoms with Crippen LogP contribution in [0.15, 0.2) is 54.6 Å². The van der Waals surface area contributed by atoms with Gasteiger partial charge in [0.25, 0.3) is 0 Å². The van der Waals surface area contributed by atoms with E-state index in [2.05, 4.69) is 77.2 Å². The van der Waals surface area contributed by atoms with Crippen molar-refractivity contribution in [3.8, 4) is 11.1 Å². The van der Waals surface area contributed by atoms with E-state index in [1.807, 2.05) is 6.07 Å². The van der Waals surface area contributed by atoms with Crippen molar-refractivity contribution in [1.82, 2.24) is 15.0 Å². The van der Waals surface area contributed by atoms with Crippen molar-refractivity contribution in [2.45, 2.75) is 25.7 Å². The number of benzene rings is 2. The molecule has 1 aliphatic heterocycles. The number of aromatic nitrogens is 3. The van der Waals surface area contributed by atoms with Gasteiger partial charge in [-0.05, 0) is 23.1 Å². The number of hydrogen-bond acceptors (Lipinski definition) is 6. The third-order valence-electron chi connectivity index (χ3n) is 5.27. The van der Waals surface area contributed by atoms with Crippen LogP contribution in [0.1, 0.15) is 25.2 Å². The first-order chi connectivity index (χ1) is 14.0. The average Bonchev–Trinajstić information content (AvgIpc) is 2.75. The molecule has 0 aliphatic carbocycles. The Morgan fingerprint density at radius 3 is 2.38 bits per heavy atom. The quantitative estimate of drug-likeness (QED) is 0.720. The highest BCUT2D eigenvalue weighted by atomic mass is 16.5. The standard InChI is InChI=1S/C23H27N5O/c1-23(2,16-18-10-6-7-11-19(18)17-8-4-3-5-9-17)20-25-21(24)27-22(26-20)28-12-14-29-15-13-28/h3-11H,12-16H2,1-2H3,(H2,24,25,26,27). The number of anilines is 2. The fourth-order valence-electron chi connectivity index (χ4n) is 3.72. The minimum atomic E-state index is -0.303. The topological polar surface area (TPSA) is 77.2 Å². The van der Waals surface area contributed by atoms with Crippen LogP contribution >= 0.6 is 0 Å². The van der Waals surface area contributed by atoms with Crippen LogP contribution < -0.4 is 10.6 Å². The van der Waals surface area contributed by atoms with Crippen LogP contribution in [0.25, 0.3) is 11.1 Å². The van der Waals surface area contributed by atoms with Gasteiger partial charge in [0, 0.05) is 18.5 Å². The average molecular weight is 390 g/mol. The van der Waals surface area contributed by atoms with Crippen LogP contribution in [-0.2, 0) is 16.6 Å². The number of ether oxygens (including phenoxy) is 1. The summed E-state index contributed by atoms with van der Waals surface area (Å²) < 4.78 is 5.44. The molecule has 3 aromatic rings. The molecule has 2 aromatic carbocycles. The fourth-order valence-corrected chi connectivity index (χ4v) is 3.72. The summed E-state index contributed by atoms with van der Waals surface area (Å²) in [6, 6.07) is 19.0. The van der Waals surface area contributed by atoms with Gasteiger partial charge in [-0.1, -0.05) is 68.4 Å². The lowest BCUT2D eigenvalue weighted by Crippen LogP contribution is -2.38. The lowest BCUT2D eigenvalue weighted by Gasteiger charge is -2.29. The van der Waals surface area contributed by atoms with Gasteiger partial charge in [-0.3, -0.25) is 0 Å². The molecule has 6 nitrogen and oxygen atoms in total. The van der Waals surface area contributed by atoms with Crippen molar-refractivity contribution >= 4 is 11.9 Å². The summed E-state index contributed by atoms with van der Waals surface area (Å²) in [5.74, 6) is 1.62. The second-order valence-electron chi connectivity index (χ2n) is 8.00. The van der Waals surface area contributed by atoms with Gasteiger partial charge >= 0.3 is 0 Å². The molecular weight excluding hydrogens is 362 g/mol. The molecule has 1 fully saturated rings. The van der Waals surface area contributed by atoms with E-state index in [1.54, 1.807) is 0 Å². The van der Waals surface area contributed by atoms with E-state index in [1.165, 1.54) is 16.7 Å². The van der Waals surface area contributed by atoms with Crippen LogP contribution in [0.5, 0.6) is 0 Å². The Bertz CT molecular complexity index is 968. The first-order valence-corrected chi connectivity index (χ1v) is 10.0. The summed E-state index contributed by atoms with van der Waals surface area (Å²) >= 11 is 0. The first-order valence-electron chi connectivity index (χ1n) is 10.0. The van der Waals surface area contributed by atoms with E-state index < -0.39 is 0 Å². The predicted molar refractivity (Wildman–Crippen MR) is 116 cm³/mol. The smallest absolute Gasteiger partial charge is 0.230 e. The van der Waals surface area contributed by atoms with E-state index in [4.69, 9.17) is 15.5 Å². The summed E-state index contributed by atoms with van der Waals surface area (Å²) in [6.45, 7) is 7.20. The Morgan fingerprint density at radius 2 is 1.62 bits per heavy atom.